The van der Waals surface area contributed by atoms with Crippen LogP contribution in [0.2, 0.25) is 0 Å². The van der Waals surface area contributed by atoms with Gasteiger partial charge >= 0.3 is 0 Å². The fourth-order valence-electron chi connectivity index (χ4n) is 3.33. The second-order valence-corrected chi connectivity index (χ2v) is 8.38. The lowest BCUT2D eigenvalue weighted by Gasteiger charge is -2.30. The molecule has 1 aliphatic rings. The third-order valence-corrected chi connectivity index (χ3v) is 5.85. The Bertz CT molecular complexity index is 1020. The van der Waals surface area contributed by atoms with Gasteiger partial charge in [0.1, 0.15) is 0 Å². The van der Waals surface area contributed by atoms with Crippen molar-refractivity contribution in [3.8, 4) is 12.3 Å². The summed E-state index contributed by atoms with van der Waals surface area (Å²) >= 11 is 0. The molecule has 0 saturated carbocycles. The molecular formula is C21H22N2O3S. The number of hydrogen-bond acceptors (Lipinski definition) is 3. The normalized spacial score (nSPS) is 13.8. The molecule has 0 saturated heterocycles. The molecule has 1 N–H and O–H groups in total. The number of amides is 1. The standard InChI is InChI=1S/C21H22N2O3S/c1-4-17-12-19(13-18-10-11-20(24)23(5-2)21(17)18)22-27(25,26)14-16-8-6-15(3)7-9-16/h1,6-9,12-13,22H,5,10-11,14H2,2-3H3. The van der Waals surface area contributed by atoms with E-state index in [1.165, 1.54) is 0 Å². The van der Waals surface area contributed by atoms with Gasteiger partial charge in [0.25, 0.3) is 0 Å². The Morgan fingerprint density at radius 2 is 1.89 bits per heavy atom. The summed E-state index contributed by atoms with van der Waals surface area (Å²) in [7, 11) is -3.58. The molecular weight excluding hydrogens is 360 g/mol. The molecule has 2 aromatic carbocycles. The average molecular weight is 382 g/mol. The van der Waals surface area contributed by atoms with Crippen molar-refractivity contribution in [2.75, 3.05) is 16.2 Å². The van der Waals surface area contributed by atoms with E-state index in [0.29, 0.717) is 36.2 Å². The van der Waals surface area contributed by atoms with Crippen LogP contribution in [0.5, 0.6) is 0 Å². The van der Waals surface area contributed by atoms with E-state index in [4.69, 9.17) is 6.42 Å². The first-order valence-corrected chi connectivity index (χ1v) is 10.5. The van der Waals surface area contributed by atoms with Gasteiger partial charge in [-0.15, -0.1) is 6.42 Å². The van der Waals surface area contributed by atoms with Crippen LogP contribution in [0.25, 0.3) is 0 Å². The maximum atomic E-state index is 12.6. The zero-order valence-corrected chi connectivity index (χ0v) is 16.3. The van der Waals surface area contributed by atoms with Crippen molar-refractivity contribution in [1.82, 2.24) is 0 Å². The van der Waals surface area contributed by atoms with Gasteiger partial charge in [0.05, 0.1) is 22.7 Å². The molecule has 6 heteroatoms. The number of rotatable bonds is 5. The lowest BCUT2D eigenvalue weighted by atomic mass is 9.96. The van der Waals surface area contributed by atoms with E-state index >= 15 is 0 Å². The highest BCUT2D eigenvalue weighted by molar-refractivity contribution is 7.91. The highest BCUT2D eigenvalue weighted by Crippen LogP contribution is 2.34. The van der Waals surface area contributed by atoms with Crippen LogP contribution in [0.3, 0.4) is 0 Å². The molecule has 3 rings (SSSR count). The first-order chi connectivity index (χ1) is 12.8. The summed E-state index contributed by atoms with van der Waals surface area (Å²) in [6.45, 7) is 4.37. The minimum absolute atomic E-state index is 0.0363. The zero-order valence-electron chi connectivity index (χ0n) is 15.5. The Labute approximate surface area is 160 Å². The smallest absolute Gasteiger partial charge is 0.236 e. The van der Waals surface area contributed by atoms with Crippen LogP contribution >= 0.6 is 0 Å². The van der Waals surface area contributed by atoms with E-state index in [-0.39, 0.29) is 11.7 Å². The lowest BCUT2D eigenvalue weighted by molar-refractivity contribution is -0.118. The number of fused-ring (bicyclic) bond motifs is 1. The van der Waals surface area contributed by atoms with Crippen LogP contribution in [0.4, 0.5) is 11.4 Å². The second kappa shape index (κ2) is 7.45. The minimum atomic E-state index is -3.58. The average Bonchev–Trinajstić information content (AvgIpc) is 2.62. The quantitative estimate of drug-likeness (QED) is 0.808. The fraction of sp³-hybridized carbons (Fsp3) is 0.286. The summed E-state index contributed by atoms with van der Waals surface area (Å²) < 4.78 is 27.8. The fourth-order valence-corrected chi connectivity index (χ4v) is 4.51. The first kappa shape index (κ1) is 19.0. The summed E-state index contributed by atoms with van der Waals surface area (Å²) in [6.07, 6.45) is 6.58. The van der Waals surface area contributed by atoms with Crippen molar-refractivity contribution in [3.63, 3.8) is 0 Å². The van der Waals surface area contributed by atoms with Gasteiger partial charge in [0.15, 0.2) is 0 Å². The number of carbonyl (C=O) groups is 1. The largest absolute Gasteiger partial charge is 0.311 e. The maximum absolute atomic E-state index is 12.6. The third-order valence-electron chi connectivity index (χ3n) is 4.59. The molecule has 0 spiro atoms. The Hall–Kier alpha value is -2.78. The molecule has 0 fully saturated rings. The summed E-state index contributed by atoms with van der Waals surface area (Å²) in [5.41, 5.74) is 4.35. The van der Waals surface area contributed by atoms with Crippen molar-refractivity contribution in [1.29, 1.82) is 0 Å². The first-order valence-electron chi connectivity index (χ1n) is 8.83. The predicted octanol–water partition coefficient (Wildman–Crippen LogP) is 3.22. The van der Waals surface area contributed by atoms with Crippen LogP contribution in [0.15, 0.2) is 36.4 Å². The van der Waals surface area contributed by atoms with E-state index in [1.807, 2.05) is 26.0 Å². The monoisotopic (exact) mass is 382 g/mol. The van der Waals surface area contributed by atoms with Gasteiger partial charge in [-0.1, -0.05) is 35.7 Å². The van der Waals surface area contributed by atoms with E-state index in [9.17, 15) is 13.2 Å². The number of terminal acetylenes is 1. The van der Waals surface area contributed by atoms with Crippen molar-refractivity contribution >= 4 is 27.3 Å². The van der Waals surface area contributed by atoms with E-state index < -0.39 is 10.0 Å². The second-order valence-electron chi connectivity index (χ2n) is 6.66. The van der Waals surface area contributed by atoms with Crippen LogP contribution < -0.4 is 9.62 Å². The van der Waals surface area contributed by atoms with Crippen molar-refractivity contribution < 1.29 is 13.2 Å². The van der Waals surface area contributed by atoms with Crippen LogP contribution in [-0.4, -0.2) is 20.9 Å². The van der Waals surface area contributed by atoms with E-state index in [2.05, 4.69) is 10.6 Å². The number of nitrogens with one attached hydrogen (secondary N) is 1. The molecule has 1 aliphatic heterocycles. The van der Waals surface area contributed by atoms with E-state index in [1.54, 1.807) is 29.2 Å². The van der Waals surface area contributed by atoms with Gasteiger partial charge in [0.2, 0.25) is 15.9 Å². The number of hydrogen-bond donors (Lipinski definition) is 1. The summed E-state index contributed by atoms with van der Waals surface area (Å²) in [4.78, 5) is 13.8. The molecule has 1 amide bonds. The Morgan fingerprint density at radius 1 is 1.19 bits per heavy atom. The van der Waals surface area contributed by atoms with Crippen molar-refractivity contribution in [2.45, 2.75) is 32.4 Å². The van der Waals surface area contributed by atoms with Crippen molar-refractivity contribution in [2.24, 2.45) is 0 Å². The minimum Gasteiger partial charge on any atom is -0.311 e. The number of anilines is 2. The molecule has 0 radical (unpaired) electrons. The predicted molar refractivity (Wildman–Crippen MR) is 108 cm³/mol. The molecule has 1 heterocycles. The molecule has 0 unspecified atom stereocenters. The Morgan fingerprint density at radius 3 is 2.52 bits per heavy atom. The Kier molecular flexibility index (Phi) is 5.24. The molecule has 0 aromatic heterocycles. The molecule has 0 bridgehead atoms. The summed E-state index contributed by atoms with van der Waals surface area (Å²) in [5.74, 6) is 2.51. The van der Waals surface area contributed by atoms with Gasteiger partial charge in [0, 0.05) is 13.0 Å². The molecule has 0 atom stereocenters. The number of aryl methyl sites for hydroxylation is 2. The van der Waals surface area contributed by atoms with Crippen LogP contribution in [0, 0.1) is 19.3 Å². The van der Waals surface area contributed by atoms with Crippen LogP contribution in [0.1, 0.15) is 35.6 Å². The van der Waals surface area contributed by atoms with Gasteiger partial charge in [-0.05, 0) is 43.5 Å². The summed E-state index contributed by atoms with van der Waals surface area (Å²) in [5, 5.41) is 0. The number of benzene rings is 2. The maximum Gasteiger partial charge on any atom is 0.236 e. The Balaban J connectivity index is 1.90. The van der Waals surface area contributed by atoms with Gasteiger partial charge in [-0.2, -0.15) is 0 Å². The summed E-state index contributed by atoms with van der Waals surface area (Å²) in [6, 6.07) is 10.8. The third kappa shape index (κ3) is 4.15. The SMILES string of the molecule is C#Cc1cc(NS(=O)(=O)Cc2ccc(C)cc2)cc2c1N(CC)C(=O)CC2. The molecule has 0 aliphatic carbocycles. The number of carbonyl (C=O) groups excluding carboxylic acids is 1. The van der Waals surface area contributed by atoms with Gasteiger partial charge in [-0.3, -0.25) is 9.52 Å². The highest BCUT2D eigenvalue weighted by Gasteiger charge is 2.26. The molecule has 27 heavy (non-hydrogen) atoms. The molecule has 140 valence electrons. The van der Waals surface area contributed by atoms with Gasteiger partial charge in [-0.25, -0.2) is 8.42 Å². The zero-order chi connectivity index (χ0) is 19.6. The van der Waals surface area contributed by atoms with Crippen LogP contribution in [-0.2, 0) is 27.0 Å². The number of nitrogens with zero attached hydrogens (tertiary/aromatic N) is 1. The lowest BCUT2D eigenvalue weighted by Crippen LogP contribution is -2.35. The number of sulfonamides is 1. The van der Waals surface area contributed by atoms with Crippen molar-refractivity contribution in [3.05, 3.63) is 58.7 Å². The molecule has 2 aromatic rings. The molecule has 5 nitrogen and oxygen atoms in total. The van der Waals surface area contributed by atoms with Gasteiger partial charge < -0.3 is 4.90 Å². The van der Waals surface area contributed by atoms with E-state index in [0.717, 1.165) is 16.8 Å². The topological polar surface area (TPSA) is 66.5 Å². The highest BCUT2D eigenvalue weighted by atomic mass is 32.2.